The third-order valence-electron chi connectivity index (χ3n) is 9.48. The Morgan fingerprint density at radius 1 is 0.443 bits per heavy atom. The van der Waals surface area contributed by atoms with Gasteiger partial charge in [-0.15, -0.1) is 0 Å². The van der Waals surface area contributed by atoms with Crippen molar-refractivity contribution >= 4 is 58.9 Å². The van der Waals surface area contributed by atoms with Gasteiger partial charge in [0, 0.05) is 18.4 Å². The van der Waals surface area contributed by atoms with Crippen LogP contribution in [0.15, 0.2) is 121 Å². The second-order valence-corrected chi connectivity index (χ2v) is 13.3. The van der Waals surface area contributed by atoms with Gasteiger partial charge in [0.1, 0.15) is 11.5 Å². The number of hydrogen-bond acceptors (Lipinski definition) is 10. The summed E-state index contributed by atoms with van der Waals surface area (Å²) < 4.78 is 10.5. The smallest absolute Gasteiger partial charge is 0.346 e. The molecule has 0 spiro atoms. The third-order valence-corrected chi connectivity index (χ3v) is 9.48. The number of nitrogens with one attached hydrogen (secondary N) is 3. The van der Waals surface area contributed by atoms with E-state index in [1.54, 1.807) is 30.3 Å². The van der Waals surface area contributed by atoms with Gasteiger partial charge in [-0.25, -0.2) is 24.0 Å². The molecule has 6 aromatic carbocycles. The molecule has 0 saturated carbocycles. The molecular formula is C45H29N3O13. The number of ether oxygens (including phenoxy) is 2. The highest BCUT2D eigenvalue weighted by molar-refractivity contribution is 6.16. The van der Waals surface area contributed by atoms with Crippen LogP contribution in [0.1, 0.15) is 82.9 Å². The zero-order chi connectivity index (χ0) is 43.5. The number of carboxylic acid groups (broad SMARTS) is 3. The van der Waals surface area contributed by atoms with Gasteiger partial charge in [0.05, 0.1) is 44.5 Å². The van der Waals surface area contributed by atoms with E-state index in [2.05, 4.69) is 20.7 Å². The Labute approximate surface area is 344 Å². The van der Waals surface area contributed by atoms with Crippen LogP contribution in [0.2, 0.25) is 0 Å². The third kappa shape index (κ3) is 8.39. The first kappa shape index (κ1) is 40.3. The van der Waals surface area contributed by atoms with Crippen LogP contribution in [0.25, 0.3) is 22.3 Å². The zero-order valence-corrected chi connectivity index (χ0v) is 31.5. The fourth-order valence-corrected chi connectivity index (χ4v) is 6.44. The van der Waals surface area contributed by atoms with E-state index in [0.29, 0.717) is 45.1 Å². The quantitative estimate of drug-likeness (QED) is 0.0534. The van der Waals surface area contributed by atoms with E-state index in [0.717, 1.165) is 0 Å². The largest absolute Gasteiger partial charge is 0.478 e. The number of carbonyl (C=O) groups is 8. The zero-order valence-electron chi connectivity index (χ0n) is 31.5. The number of aromatic carboxylic acids is 3. The summed E-state index contributed by atoms with van der Waals surface area (Å²) >= 11 is 0. The number of cyclic esters (lactones) is 2. The number of benzene rings is 6. The SMILES string of the molecule is CNC(=O)c1cc(-c2ccc(C(=O)O)c(C(=O)Nc3ccc(Oc4ccc(NC(=O)c5cc(-c6ccc7c(c6)C(=O)OC7=O)ccc5C(=O)O)cc4)cc3)c2)ccc1C(=O)O. The first-order chi connectivity index (χ1) is 29.2. The lowest BCUT2D eigenvalue weighted by Crippen LogP contribution is -2.21. The molecule has 16 nitrogen and oxygen atoms in total. The maximum absolute atomic E-state index is 13.4. The summed E-state index contributed by atoms with van der Waals surface area (Å²) in [6.45, 7) is 0. The minimum absolute atomic E-state index is 0.0565. The van der Waals surface area contributed by atoms with Gasteiger partial charge >= 0.3 is 29.8 Å². The molecule has 302 valence electrons. The Bertz CT molecular complexity index is 2870. The average molecular weight is 820 g/mol. The van der Waals surface area contributed by atoms with Crippen LogP contribution in [-0.4, -0.2) is 69.9 Å². The lowest BCUT2D eigenvalue weighted by molar-refractivity contribution is 0.0441. The molecule has 3 amide bonds. The number of hydrogen-bond donors (Lipinski definition) is 6. The normalized spacial score (nSPS) is 11.5. The van der Waals surface area contributed by atoms with E-state index < -0.39 is 47.6 Å². The molecule has 0 fully saturated rings. The van der Waals surface area contributed by atoms with Gasteiger partial charge in [-0.05, 0) is 119 Å². The monoisotopic (exact) mass is 819 g/mol. The topological polar surface area (TPSA) is 252 Å². The second-order valence-electron chi connectivity index (χ2n) is 13.3. The maximum Gasteiger partial charge on any atom is 0.346 e. The van der Waals surface area contributed by atoms with Gasteiger partial charge < -0.3 is 40.7 Å². The molecule has 0 aliphatic carbocycles. The van der Waals surface area contributed by atoms with E-state index >= 15 is 0 Å². The Hall–Kier alpha value is -8.92. The predicted molar refractivity (Wildman–Crippen MR) is 217 cm³/mol. The first-order valence-electron chi connectivity index (χ1n) is 18.0. The molecule has 0 radical (unpaired) electrons. The number of carboxylic acids is 3. The van der Waals surface area contributed by atoms with E-state index in [4.69, 9.17) is 4.74 Å². The summed E-state index contributed by atoms with van der Waals surface area (Å²) in [5.41, 5.74) is 1.08. The Morgan fingerprint density at radius 2 is 0.803 bits per heavy atom. The van der Waals surface area contributed by atoms with Crippen LogP contribution >= 0.6 is 0 Å². The van der Waals surface area contributed by atoms with Gasteiger partial charge in [0.2, 0.25) is 0 Å². The fraction of sp³-hybridized carbons (Fsp3) is 0.0222. The van der Waals surface area contributed by atoms with E-state index in [1.807, 2.05) is 0 Å². The molecule has 6 aromatic rings. The highest BCUT2D eigenvalue weighted by Gasteiger charge is 2.30. The molecule has 7 rings (SSSR count). The molecule has 0 aromatic heterocycles. The van der Waals surface area contributed by atoms with Crippen LogP contribution in [0, 0.1) is 0 Å². The van der Waals surface area contributed by atoms with Gasteiger partial charge in [0.25, 0.3) is 17.7 Å². The molecule has 1 heterocycles. The molecule has 0 unspecified atom stereocenters. The van der Waals surface area contributed by atoms with Crippen molar-refractivity contribution in [3.8, 4) is 33.8 Å². The number of amides is 3. The summed E-state index contributed by atoms with van der Waals surface area (Å²) in [7, 11) is 1.35. The molecule has 61 heavy (non-hydrogen) atoms. The molecule has 1 aliphatic rings. The lowest BCUT2D eigenvalue weighted by Gasteiger charge is -2.13. The summed E-state index contributed by atoms with van der Waals surface area (Å²) in [6, 6.07) is 28.8. The van der Waals surface area contributed by atoms with Crippen LogP contribution in [0.5, 0.6) is 11.5 Å². The summed E-state index contributed by atoms with van der Waals surface area (Å²) in [5, 5.41) is 36.8. The van der Waals surface area contributed by atoms with Crippen LogP contribution in [-0.2, 0) is 4.74 Å². The van der Waals surface area contributed by atoms with Gasteiger partial charge in [-0.3, -0.25) is 14.4 Å². The molecule has 0 bridgehead atoms. The molecular weight excluding hydrogens is 791 g/mol. The van der Waals surface area contributed by atoms with Crippen molar-refractivity contribution in [2.75, 3.05) is 17.7 Å². The Kier molecular flexibility index (Phi) is 10.9. The van der Waals surface area contributed by atoms with Crippen molar-refractivity contribution in [3.63, 3.8) is 0 Å². The minimum atomic E-state index is -1.36. The highest BCUT2D eigenvalue weighted by Crippen LogP contribution is 2.31. The van der Waals surface area contributed by atoms with E-state index in [-0.39, 0.29) is 44.5 Å². The molecule has 0 atom stereocenters. The standard InChI is InChI=1S/C45H29N3O13/c1-46-38(49)34-18-22(2-14-30(34)41(52)53)23-3-15-31(42(54)55)35(19-23)39(50)47-26-6-10-28(11-7-26)60-29-12-8-27(9-13-29)48-40(51)36-20-24(4-16-32(36)43(56)57)25-5-17-33-37(21-25)45(59)61-44(33)58/h2-21H,1H3,(H,46,49)(H,47,50)(H,48,51)(H,52,53)(H,54,55)(H,56,57). The molecule has 0 saturated heterocycles. The number of fused-ring (bicyclic) bond motifs is 1. The Morgan fingerprint density at radius 3 is 1.20 bits per heavy atom. The second kappa shape index (κ2) is 16.5. The number of anilines is 2. The van der Waals surface area contributed by atoms with Crippen LogP contribution < -0.4 is 20.7 Å². The maximum atomic E-state index is 13.4. The van der Waals surface area contributed by atoms with Crippen LogP contribution in [0.3, 0.4) is 0 Å². The minimum Gasteiger partial charge on any atom is -0.478 e. The van der Waals surface area contributed by atoms with Gasteiger partial charge in [-0.1, -0.05) is 24.3 Å². The van der Waals surface area contributed by atoms with Crippen molar-refractivity contribution in [3.05, 3.63) is 166 Å². The number of carbonyl (C=O) groups excluding carboxylic acids is 5. The van der Waals surface area contributed by atoms with Crippen LogP contribution in [0.4, 0.5) is 11.4 Å². The highest BCUT2D eigenvalue weighted by atomic mass is 16.6. The van der Waals surface area contributed by atoms with Crippen molar-refractivity contribution in [2.45, 2.75) is 0 Å². The lowest BCUT2D eigenvalue weighted by atomic mass is 9.95. The van der Waals surface area contributed by atoms with E-state index in [9.17, 15) is 53.7 Å². The first-order valence-corrected chi connectivity index (χ1v) is 18.0. The van der Waals surface area contributed by atoms with Crippen molar-refractivity contribution < 1.29 is 63.1 Å². The molecule has 6 N–H and O–H groups in total. The van der Waals surface area contributed by atoms with Crippen molar-refractivity contribution in [1.82, 2.24) is 5.32 Å². The van der Waals surface area contributed by atoms with E-state index in [1.165, 1.54) is 98.0 Å². The molecule has 1 aliphatic heterocycles. The molecule has 16 heteroatoms. The Balaban J connectivity index is 1.02. The average Bonchev–Trinajstić information content (AvgIpc) is 3.55. The predicted octanol–water partition coefficient (Wildman–Crippen LogP) is 7.08. The van der Waals surface area contributed by atoms with Gasteiger partial charge in [0.15, 0.2) is 0 Å². The number of rotatable bonds is 12. The van der Waals surface area contributed by atoms with Crippen molar-refractivity contribution in [1.29, 1.82) is 0 Å². The number of esters is 2. The summed E-state index contributed by atoms with van der Waals surface area (Å²) in [6.07, 6.45) is 0. The fourth-order valence-electron chi connectivity index (χ4n) is 6.44. The van der Waals surface area contributed by atoms with Crippen molar-refractivity contribution in [2.24, 2.45) is 0 Å². The van der Waals surface area contributed by atoms with Gasteiger partial charge in [-0.2, -0.15) is 0 Å². The summed E-state index contributed by atoms with van der Waals surface area (Å²) in [4.78, 5) is 98.9. The summed E-state index contributed by atoms with van der Waals surface area (Å²) in [5.74, 6) is -7.00.